The minimum absolute atomic E-state index is 0.117. The number of amides is 3. The van der Waals surface area contributed by atoms with Gasteiger partial charge in [-0.05, 0) is 75.8 Å². The van der Waals surface area contributed by atoms with Gasteiger partial charge in [-0.15, -0.1) is 0 Å². The van der Waals surface area contributed by atoms with Crippen LogP contribution in [0.5, 0.6) is 0 Å². The zero-order valence-electron chi connectivity index (χ0n) is 21.2. The number of anilines is 2. The Labute approximate surface area is 214 Å². The van der Waals surface area contributed by atoms with Crippen molar-refractivity contribution in [2.45, 2.75) is 64.6 Å². The van der Waals surface area contributed by atoms with Crippen molar-refractivity contribution < 1.29 is 9.59 Å². The van der Waals surface area contributed by atoms with Crippen molar-refractivity contribution in [3.05, 3.63) is 69.4 Å². The van der Waals surface area contributed by atoms with Gasteiger partial charge in [0.1, 0.15) is 0 Å². The minimum atomic E-state index is -0.381. The van der Waals surface area contributed by atoms with Crippen molar-refractivity contribution in [1.29, 1.82) is 0 Å². The Kier molecular flexibility index (Phi) is 6.86. The zero-order chi connectivity index (χ0) is 26.1. The maximum absolute atomic E-state index is 13.3. The van der Waals surface area contributed by atoms with Crippen LogP contribution in [0, 0.1) is 11.8 Å². The van der Waals surface area contributed by atoms with E-state index in [1.165, 1.54) is 4.57 Å². The number of fused-ring (bicyclic) bond motifs is 1. The molecule has 1 heterocycles. The van der Waals surface area contributed by atoms with Crippen LogP contribution in [0.2, 0.25) is 0 Å². The van der Waals surface area contributed by atoms with Crippen molar-refractivity contribution in [2.24, 2.45) is 11.8 Å². The summed E-state index contributed by atoms with van der Waals surface area (Å²) in [6.45, 7) is 4.27. The number of hydrogen-bond acceptors (Lipinski definition) is 4. The Morgan fingerprint density at radius 2 is 1.70 bits per heavy atom. The van der Waals surface area contributed by atoms with Crippen LogP contribution < -0.4 is 27.2 Å². The third kappa shape index (κ3) is 5.30. The van der Waals surface area contributed by atoms with Crippen molar-refractivity contribution in [2.75, 3.05) is 10.6 Å². The van der Waals surface area contributed by atoms with Crippen LogP contribution in [-0.4, -0.2) is 27.1 Å². The average molecular weight is 504 g/mol. The van der Waals surface area contributed by atoms with Gasteiger partial charge in [-0.1, -0.05) is 24.6 Å². The Bertz CT molecular complexity index is 1440. The predicted octanol–water partition coefficient (Wildman–Crippen LogP) is 4.08. The second-order valence-corrected chi connectivity index (χ2v) is 10.4. The lowest BCUT2D eigenvalue weighted by Gasteiger charge is -2.21. The number of hydrogen-bond donors (Lipinski definition) is 3. The maximum Gasteiger partial charge on any atom is 0.331 e. The van der Waals surface area contributed by atoms with E-state index in [0.29, 0.717) is 47.6 Å². The van der Waals surface area contributed by atoms with Crippen LogP contribution in [-0.2, 0) is 11.3 Å². The fourth-order valence-corrected chi connectivity index (χ4v) is 5.22. The highest BCUT2D eigenvalue weighted by atomic mass is 16.2. The molecule has 0 unspecified atom stereocenters. The van der Waals surface area contributed by atoms with Gasteiger partial charge >= 0.3 is 11.7 Å². The smallest absolute Gasteiger partial charge is 0.331 e. The van der Waals surface area contributed by atoms with Crippen molar-refractivity contribution in [1.82, 2.24) is 14.5 Å². The van der Waals surface area contributed by atoms with E-state index in [-0.39, 0.29) is 41.2 Å². The molecule has 194 valence electrons. The van der Waals surface area contributed by atoms with Crippen LogP contribution in [0.1, 0.15) is 52.0 Å². The van der Waals surface area contributed by atoms with E-state index in [2.05, 4.69) is 16.0 Å². The molecule has 3 amide bonds. The molecular formula is C28H33N5O4. The number of aromatic nitrogens is 2. The lowest BCUT2D eigenvalue weighted by Crippen LogP contribution is -2.43. The fourth-order valence-electron chi connectivity index (χ4n) is 5.22. The second-order valence-electron chi connectivity index (χ2n) is 10.4. The summed E-state index contributed by atoms with van der Waals surface area (Å²) in [6.07, 6.45) is 4.27. The second kappa shape index (κ2) is 10.2. The molecule has 1 aromatic heterocycles. The highest BCUT2D eigenvalue weighted by molar-refractivity contribution is 5.96. The van der Waals surface area contributed by atoms with Crippen molar-refractivity contribution in [3.63, 3.8) is 0 Å². The number of nitrogens with zero attached hydrogens (tertiary/aromatic N) is 2. The first-order valence-electron chi connectivity index (χ1n) is 13.0. The molecule has 3 N–H and O–H groups in total. The molecule has 37 heavy (non-hydrogen) atoms. The Balaban J connectivity index is 1.35. The van der Waals surface area contributed by atoms with Gasteiger partial charge in [0.2, 0.25) is 5.91 Å². The number of carbonyl (C=O) groups is 2. The van der Waals surface area contributed by atoms with Gasteiger partial charge in [-0.25, -0.2) is 9.59 Å². The lowest BCUT2D eigenvalue weighted by molar-refractivity contribution is -0.120. The number of urea groups is 1. The van der Waals surface area contributed by atoms with Gasteiger partial charge in [-0.3, -0.25) is 18.7 Å². The molecule has 3 aromatic rings. The van der Waals surface area contributed by atoms with Gasteiger partial charge in [0, 0.05) is 30.0 Å². The standard InChI is InChI=1S/C28H33N5O4/c1-17(2)33-24-14-13-20(15-22(24)26(35)32(28(33)37)16-18-11-12-18)29-25(34)21-9-6-10-23(21)31-27(36)30-19-7-4-3-5-8-19/h3-5,7-8,13-15,17-18,21,23H,6,9-12,16H2,1-2H3,(H,29,34)(H2,30,31,36)/t21-,23-/m1/s1. The van der Waals surface area contributed by atoms with Crippen LogP contribution in [0.3, 0.4) is 0 Å². The normalized spacial score (nSPS) is 19.2. The molecule has 2 aliphatic rings. The Morgan fingerprint density at radius 1 is 0.946 bits per heavy atom. The quantitative estimate of drug-likeness (QED) is 0.451. The molecule has 0 saturated heterocycles. The summed E-state index contributed by atoms with van der Waals surface area (Å²) >= 11 is 0. The van der Waals surface area contributed by atoms with Gasteiger partial charge in [-0.2, -0.15) is 0 Å². The molecule has 2 aromatic carbocycles. The number of rotatable bonds is 7. The molecule has 0 spiro atoms. The molecule has 2 fully saturated rings. The van der Waals surface area contributed by atoms with E-state index in [1.54, 1.807) is 34.9 Å². The first-order valence-corrected chi connectivity index (χ1v) is 13.0. The van der Waals surface area contributed by atoms with Crippen molar-refractivity contribution >= 4 is 34.2 Å². The maximum atomic E-state index is 13.3. The highest BCUT2D eigenvalue weighted by Gasteiger charge is 2.34. The SMILES string of the molecule is CC(C)n1c(=O)n(CC2CC2)c(=O)c2cc(NC(=O)[C@@H]3CCC[C@H]3NC(=O)Nc3ccccc3)ccc21. The van der Waals surface area contributed by atoms with Gasteiger partial charge in [0.05, 0.1) is 16.8 Å². The van der Waals surface area contributed by atoms with Crippen LogP contribution in [0.15, 0.2) is 58.1 Å². The third-order valence-corrected chi connectivity index (χ3v) is 7.29. The topological polar surface area (TPSA) is 114 Å². The highest BCUT2D eigenvalue weighted by Crippen LogP contribution is 2.30. The van der Waals surface area contributed by atoms with Crippen LogP contribution in [0.25, 0.3) is 10.9 Å². The molecule has 5 rings (SSSR count). The van der Waals surface area contributed by atoms with E-state index >= 15 is 0 Å². The van der Waals surface area contributed by atoms with Crippen molar-refractivity contribution in [3.8, 4) is 0 Å². The van der Waals surface area contributed by atoms with Gasteiger partial charge < -0.3 is 16.0 Å². The summed E-state index contributed by atoms with van der Waals surface area (Å²) in [5, 5.41) is 9.10. The molecule has 2 aliphatic carbocycles. The van der Waals surface area contributed by atoms with E-state index in [0.717, 1.165) is 19.3 Å². The minimum Gasteiger partial charge on any atom is -0.334 e. The number of carbonyl (C=O) groups excluding carboxylic acids is 2. The molecule has 0 bridgehead atoms. The van der Waals surface area contributed by atoms with E-state index < -0.39 is 0 Å². The van der Waals surface area contributed by atoms with E-state index in [4.69, 9.17) is 0 Å². The first-order chi connectivity index (χ1) is 17.8. The van der Waals surface area contributed by atoms with E-state index in [1.807, 2.05) is 32.0 Å². The predicted molar refractivity (Wildman–Crippen MR) is 144 cm³/mol. The summed E-state index contributed by atoms with van der Waals surface area (Å²) in [4.78, 5) is 52.1. The molecule has 9 nitrogen and oxygen atoms in total. The average Bonchev–Trinajstić information content (AvgIpc) is 3.58. The third-order valence-electron chi connectivity index (χ3n) is 7.29. The van der Waals surface area contributed by atoms with Gasteiger partial charge in [0.15, 0.2) is 0 Å². The summed E-state index contributed by atoms with van der Waals surface area (Å²) in [5.74, 6) is -0.206. The van der Waals surface area contributed by atoms with E-state index in [9.17, 15) is 19.2 Å². The molecule has 0 aliphatic heterocycles. The molecule has 0 radical (unpaired) electrons. The summed E-state index contributed by atoms with van der Waals surface area (Å²) in [5.41, 5.74) is 1.14. The van der Waals surface area contributed by atoms with Crippen LogP contribution in [0.4, 0.5) is 16.2 Å². The molecule has 2 atom stereocenters. The summed E-state index contributed by atoms with van der Waals surface area (Å²) in [7, 11) is 0. The molecular weight excluding hydrogens is 470 g/mol. The number of benzene rings is 2. The number of para-hydroxylation sites is 1. The fraction of sp³-hybridized carbons (Fsp3) is 0.429. The monoisotopic (exact) mass is 503 g/mol. The summed E-state index contributed by atoms with van der Waals surface area (Å²) < 4.78 is 2.99. The zero-order valence-corrected chi connectivity index (χ0v) is 21.2. The Hall–Kier alpha value is -3.88. The molecule has 9 heteroatoms. The van der Waals surface area contributed by atoms with Gasteiger partial charge in [0.25, 0.3) is 5.56 Å². The Morgan fingerprint density at radius 3 is 2.41 bits per heavy atom. The molecule has 2 saturated carbocycles. The number of nitrogens with one attached hydrogen (secondary N) is 3. The lowest BCUT2D eigenvalue weighted by atomic mass is 10.0. The first kappa shape index (κ1) is 24.8. The largest absolute Gasteiger partial charge is 0.334 e. The van der Waals surface area contributed by atoms with Crippen LogP contribution >= 0.6 is 0 Å². The summed E-state index contributed by atoms with van der Waals surface area (Å²) in [6, 6.07) is 13.5.